The van der Waals surface area contributed by atoms with E-state index in [9.17, 15) is 4.79 Å². The van der Waals surface area contributed by atoms with Crippen molar-refractivity contribution in [2.45, 2.75) is 58.8 Å². The fourth-order valence-corrected chi connectivity index (χ4v) is 3.27. The second-order valence-corrected chi connectivity index (χ2v) is 9.02. The predicted octanol–water partition coefficient (Wildman–Crippen LogP) is 6.72. The molecule has 29 heavy (non-hydrogen) atoms. The molecule has 0 aliphatic rings. The van der Waals surface area contributed by atoms with Crippen LogP contribution in [0, 0.1) is 0 Å². The van der Waals surface area contributed by atoms with E-state index in [2.05, 4.69) is 48.9 Å². The molecule has 2 rings (SSSR count). The van der Waals surface area contributed by atoms with Gasteiger partial charge in [0.25, 0.3) is 5.91 Å². The van der Waals surface area contributed by atoms with Crippen LogP contribution in [0.4, 0.5) is 5.69 Å². The van der Waals surface area contributed by atoms with Crippen LogP contribution < -0.4 is 14.8 Å². The largest absolute Gasteiger partial charge is 0.494 e. The lowest BCUT2D eigenvalue weighted by Gasteiger charge is -2.20. The summed E-state index contributed by atoms with van der Waals surface area (Å²) in [5.41, 5.74) is 1.98. The molecule has 1 N–H and O–H groups in total. The first-order valence-electron chi connectivity index (χ1n) is 10.2. The Morgan fingerprint density at radius 1 is 1.00 bits per heavy atom. The van der Waals surface area contributed by atoms with Gasteiger partial charge in [0, 0.05) is 5.69 Å². The van der Waals surface area contributed by atoms with Crippen LogP contribution >= 0.6 is 15.9 Å². The van der Waals surface area contributed by atoms with Crippen LogP contribution in [0.15, 0.2) is 46.9 Å². The average Bonchev–Trinajstić information content (AvgIpc) is 2.67. The van der Waals surface area contributed by atoms with Gasteiger partial charge in [0.05, 0.1) is 11.1 Å². The number of carbonyl (C=O) groups excluding carboxylic acids is 1. The molecule has 0 saturated carbocycles. The number of nitrogens with one attached hydrogen (secondary N) is 1. The van der Waals surface area contributed by atoms with Crippen LogP contribution in [0.3, 0.4) is 0 Å². The van der Waals surface area contributed by atoms with Gasteiger partial charge in [-0.2, -0.15) is 0 Å². The highest BCUT2D eigenvalue weighted by Crippen LogP contribution is 2.31. The van der Waals surface area contributed by atoms with Crippen LogP contribution in [0.5, 0.6) is 11.5 Å². The first-order valence-corrected chi connectivity index (χ1v) is 11.0. The number of unbranched alkanes of at least 4 members (excludes halogenated alkanes) is 3. The van der Waals surface area contributed by atoms with Crippen molar-refractivity contribution in [3.05, 3.63) is 52.5 Å². The zero-order valence-electron chi connectivity index (χ0n) is 17.9. The summed E-state index contributed by atoms with van der Waals surface area (Å²) in [6.45, 7) is 9.34. The zero-order valence-corrected chi connectivity index (χ0v) is 19.5. The summed E-state index contributed by atoms with van der Waals surface area (Å²) in [5.74, 6) is 1.27. The normalized spacial score (nSPS) is 11.2. The number of halogens is 1. The Morgan fingerprint density at radius 3 is 2.34 bits per heavy atom. The van der Waals surface area contributed by atoms with E-state index in [0.717, 1.165) is 28.9 Å². The number of rotatable bonds is 10. The van der Waals surface area contributed by atoms with E-state index >= 15 is 0 Å². The summed E-state index contributed by atoms with van der Waals surface area (Å²) < 4.78 is 12.2. The lowest BCUT2D eigenvalue weighted by Crippen LogP contribution is -2.20. The Hall–Kier alpha value is -2.01. The summed E-state index contributed by atoms with van der Waals surface area (Å²) >= 11 is 3.53. The van der Waals surface area contributed by atoms with E-state index in [0.29, 0.717) is 5.75 Å². The van der Waals surface area contributed by atoms with Crippen molar-refractivity contribution in [2.24, 2.45) is 0 Å². The molecule has 0 saturated heterocycles. The molecule has 2 aromatic carbocycles. The van der Waals surface area contributed by atoms with E-state index in [1.165, 1.54) is 24.8 Å². The SMILES string of the molecule is CCCCCCOc1ccc(NC(=O)COc2ccc(C(C)(C)C)cc2Br)cc1. The molecule has 0 bridgehead atoms. The maximum atomic E-state index is 12.2. The molecule has 0 aromatic heterocycles. The van der Waals surface area contributed by atoms with Gasteiger partial charge in [-0.1, -0.05) is 53.0 Å². The topological polar surface area (TPSA) is 47.6 Å². The number of benzene rings is 2. The second-order valence-electron chi connectivity index (χ2n) is 8.17. The van der Waals surface area contributed by atoms with Gasteiger partial charge in [0.2, 0.25) is 0 Å². The Kier molecular flexibility index (Phi) is 9.02. The molecule has 5 heteroatoms. The van der Waals surface area contributed by atoms with Gasteiger partial charge in [-0.15, -0.1) is 0 Å². The third-order valence-corrected chi connectivity index (χ3v) is 5.18. The lowest BCUT2D eigenvalue weighted by molar-refractivity contribution is -0.118. The molecule has 0 unspecified atom stereocenters. The van der Waals surface area contributed by atoms with Gasteiger partial charge in [-0.05, 0) is 69.7 Å². The maximum absolute atomic E-state index is 12.2. The van der Waals surface area contributed by atoms with Crippen molar-refractivity contribution in [3.63, 3.8) is 0 Å². The molecule has 0 atom stereocenters. The molecule has 2 aromatic rings. The van der Waals surface area contributed by atoms with Crippen LogP contribution in [-0.4, -0.2) is 19.1 Å². The monoisotopic (exact) mass is 461 g/mol. The van der Waals surface area contributed by atoms with Gasteiger partial charge in [0.15, 0.2) is 6.61 Å². The standard InChI is InChI=1S/C24H32BrNO3/c1-5-6-7-8-15-28-20-12-10-19(11-13-20)26-23(27)17-29-22-14-9-18(16-21(22)25)24(2,3)4/h9-14,16H,5-8,15,17H2,1-4H3,(H,26,27). The summed E-state index contributed by atoms with van der Waals surface area (Å²) in [7, 11) is 0. The van der Waals surface area contributed by atoms with Crippen molar-refractivity contribution in [1.82, 2.24) is 0 Å². The van der Waals surface area contributed by atoms with Gasteiger partial charge in [-0.25, -0.2) is 0 Å². The van der Waals surface area contributed by atoms with Crippen molar-refractivity contribution >= 4 is 27.5 Å². The molecule has 158 valence electrons. The molecule has 0 aliphatic heterocycles. The highest BCUT2D eigenvalue weighted by atomic mass is 79.9. The number of hydrogen-bond donors (Lipinski definition) is 1. The van der Waals surface area contributed by atoms with Gasteiger partial charge < -0.3 is 14.8 Å². The van der Waals surface area contributed by atoms with Crippen molar-refractivity contribution in [3.8, 4) is 11.5 Å². The van der Waals surface area contributed by atoms with Gasteiger partial charge in [0.1, 0.15) is 11.5 Å². The average molecular weight is 462 g/mol. The van der Waals surface area contributed by atoms with E-state index in [-0.39, 0.29) is 17.9 Å². The fourth-order valence-electron chi connectivity index (χ4n) is 2.78. The summed E-state index contributed by atoms with van der Waals surface area (Å²) in [6.07, 6.45) is 4.72. The van der Waals surface area contributed by atoms with E-state index < -0.39 is 0 Å². The summed E-state index contributed by atoms with van der Waals surface area (Å²) in [5, 5.41) is 2.84. The fraction of sp³-hybridized carbons (Fsp3) is 0.458. The smallest absolute Gasteiger partial charge is 0.262 e. The minimum atomic E-state index is -0.204. The number of hydrogen-bond acceptors (Lipinski definition) is 3. The first-order chi connectivity index (χ1) is 13.8. The van der Waals surface area contributed by atoms with Gasteiger partial charge >= 0.3 is 0 Å². The zero-order chi connectivity index (χ0) is 21.3. The molecule has 0 spiro atoms. The van der Waals surface area contributed by atoms with Crippen LogP contribution in [0.1, 0.15) is 58.9 Å². The molecular formula is C24H32BrNO3. The lowest BCUT2D eigenvalue weighted by atomic mass is 9.87. The molecule has 4 nitrogen and oxygen atoms in total. The maximum Gasteiger partial charge on any atom is 0.262 e. The Labute approximate surface area is 183 Å². The first kappa shape index (κ1) is 23.3. The van der Waals surface area contributed by atoms with E-state index in [1.807, 2.05) is 42.5 Å². The van der Waals surface area contributed by atoms with Crippen molar-refractivity contribution in [2.75, 3.05) is 18.5 Å². The Balaban J connectivity index is 1.79. The third kappa shape index (κ3) is 8.09. The molecule has 0 heterocycles. The van der Waals surface area contributed by atoms with Crippen LogP contribution in [0.2, 0.25) is 0 Å². The quantitative estimate of drug-likeness (QED) is 0.399. The van der Waals surface area contributed by atoms with Crippen molar-refractivity contribution < 1.29 is 14.3 Å². The van der Waals surface area contributed by atoms with E-state index in [4.69, 9.17) is 9.47 Å². The number of amides is 1. The molecular weight excluding hydrogens is 430 g/mol. The van der Waals surface area contributed by atoms with E-state index in [1.54, 1.807) is 0 Å². The molecule has 0 fully saturated rings. The molecule has 0 aliphatic carbocycles. The Bertz CT molecular complexity index is 782. The Morgan fingerprint density at radius 2 is 1.72 bits per heavy atom. The summed E-state index contributed by atoms with van der Waals surface area (Å²) in [6, 6.07) is 13.4. The second kappa shape index (κ2) is 11.2. The highest BCUT2D eigenvalue weighted by Gasteiger charge is 2.15. The molecule has 1 amide bonds. The minimum Gasteiger partial charge on any atom is -0.494 e. The van der Waals surface area contributed by atoms with Crippen LogP contribution in [0.25, 0.3) is 0 Å². The highest BCUT2D eigenvalue weighted by molar-refractivity contribution is 9.10. The summed E-state index contributed by atoms with van der Waals surface area (Å²) in [4.78, 5) is 12.2. The minimum absolute atomic E-state index is 0.0524. The van der Waals surface area contributed by atoms with Crippen LogP contribution in [-0.2, 0) is 10.2 Å². The molecule has 0 radical (unpaired) electrons. The number of ether oxygens (including phenoxy) is 2. The number of anilines is 1. The predicted molar refractivity (Wildman–Crippen MR) is 123 cm³/mol. The number of carbonyl (C=O) groups is 1. The third-order valence-electron chi connectivity index (χ3n) is 4.56. The van der Waals surface area contributed by atoms with Gasteiger partial charge in [-0.3, -0.25) is 4.79 Å². The van der Waals surface area contributed by atoms with Crippen molar-refractivity contribution in [1.29, 1.82) is 0 Å².